The van der Waals surface area contributed by atoms with Crippen LogP contribution in [-0.4, -0.2) is 8.42 Å². The Morgan fingerprint density at radius 1 is 1.09 bits per heavy atom. The molecule has 0 saturated carbocycles. The van der Waals surface area contributed by atoms with E-state index in [0.717, 1.165) is 6.42 Å². The highest BCUT2D eigenvalue weighted by Crippen LogP contribution is 2.22. The number of sulfonamides is 1. The SMILES string of the molecule is CC[C@H](C)c1ccc(NS(=O)(=O)c2ccc(C#N)cc2)cc1. The van der Waals surface area contributed by atoms with Crippen molar-refractivity contribution in [1.29, 1.82) is 5.26 Å². The molecule has 1 atom stereocenters. The Bertz CT molecular complexity index is 773. The quantitative estimate of drug-likeness (QED) is 0.910. The van der Waals surface area contributed by atoms with Gasteiger partial charge in [-0.05, 0) is 54.3 Å². The van der Waals surface area contributed by atoms with Gasteiger partial charge in [0.15, 0.2) is 0 Å². The summed E-state index contributed by atoms with van der Waals surface area (Å²) < 4.78 is 27.1. The van der Waals surface area contributed by atoms with Gasteiger partial charge < -0.3 is 0 Å². The highest BCUT2D eigenvalue weighted by molar-refractivity contribution is 7.92. The molecule has 0 aliphatic rings. The van der Waals surface area contributed by atoms with Gasteiger partial charge in [0.05, 0.1) is 16.5 Å². The second kappa shape index (κ2) is 6.63. The second-order valence-corrected chi connectivity index (χ2v) is 6.86. The number of nitrogens with zero attached hydrogens (tertiary/aromatic N) is 1. The van der Waals surface area contributed by atoms with Crippen LogP contribution in [0.3, 0.4) is 0 Å². The van der Waals surface area contributed by atoms with Crippen LogP contribution in [0, 0.1) is 11.3 Å². The van der Waals surface area contributed by atoms with Crippen molar-refractivity contribution in [2.24, 2.45) is 0 Å². The lowest BCUT2D eigenvalue weighted by Crippen LogP contribution is -2.12. The third-order valence-corrected chi connectivity index (χ3v) is 5.04. The lowest BCUT2D eigenvalue weighted by molar-refractivity contribution is 0.601. The van der Waals surface area contributed by atoms with E-state index in [4.69, 9.17) is 5.26 Å². The van der Waals surface area contributed by atoms with Gasteiger partial charge in [0.2, 0.25) is 0 Å². The van der Waals surface area contributed by atoms with Crippen LogP contribution in [0.1, 0.15) is 37.3 Å². The van der Waals surface area contributed by atoms with E-state index in [9.17, 15) is 8.42 Å². The molecule has 4 nitrogen and oxygen atoms in total. The van der Waals surface area contributed by atoms with Gasteiger partial charge in [0, 0.05) is 5.69 Å². The van der Waals surface area contributed by atoms with Crippen LogP contribution >= 0.6 is 0 Å². The minimum atomic E-state index is -3.64. The zero-order valence-corrected chi connectivity index (χ0v) is 13.4. The first-order valence-corrected chi connectivity index (χ1v) is 8.57. The van der Waals surface area contributed by atoms with E-state index in [2.05, 4.69) is 18.6 Å². The van der Waals surface area contributed by atoms with Crippen molar-refractivity contribution in [2.75, 3.05) is 4.72 Å². The molecular weight excluding hydrogens is 296 g/mol. The molecule has 0 fully saturated rings. The predicted molar refractivity (Wildman–Crippen MR) is 87.1 cm³/mol. The van der Waals surface area contributed by atoms with Gasteiger partial charge in [-0.25, -0.2) is 8.42 Å². The molecule has 0 amide bonds. The van der Waals surface area contributed by atoms with Gasteiger partial charge in [0.25, 0.3) is 10.0 Å². The van der Waals surface area contributed by atoms with Crippen LogP contribution in [0.4, 0.5) is 5.69 Å². The molecule has 0 aromatic heterocycles. The van der Waals surface area contributed by atoms with Crippen LogP contribution < -0.4 is 4.72 Å². The molecule has 5 heteroatoms. The summed E-state index contributed by atoms with van der Waals surface area (Å²) in [6.45, 7) is 4.25. The molecule has 0 aliphatic carbocycles. The lowest BCUT2D eigenvalue weighted by atomic mass is 9.99. The molecular formula is C17H18N2O2S. The number of anilines is 1. The van der Waals surface area contributed by atoms with Crippen LogP contribution in [0.2, 0.25) is 0 Å². The monoisotopic (exact) mass is 314 g/mol. The van der Waals surface area contributed by atoms with E-state index in [1.807, 2.05) is 18.2 Å². The molecule has 0 radical (unpaired) electrons. The Morgan fingerprint density at radius 3 is 2.18 bits per heavy atom. The fraction of sp³-hybridized carbons (Fsp3) is 0.235. The average Bonchev–Trinajstić information content (AvgIpc) is 2.54. The number of hydrogen-bond acceptors (Lipinski definition) is 3. The molecule has 0 bridgehead atoms. The van der Waals surface area contributed by atoms with Crippen LogP contribution in [-0.2, 0) is 10.0 Å². The molecule has 0 saturated heterocycles. The first kappa shape index (κ1) is 16.1. The molecule has 1 N–H and O–H groups in total. The summed E-state index contributed by atoms with van der Waals surface area (Å²) in [5, 5.41) is 8.74. The predicted octanol–water partition coefficient (Wildman–Crippen LogP) is 3.87. The number of nitrogens with one attached hydrogen (secondary N) is 1. The maximum Gasteiger partial charge on any atom is 0.261 e. The van der Waals surface area contributed by atoms with E-state index in [1.54, 1.807) is 12.1 Å². The zero-order valence-electron chi connectivity index (χ0n) is 12.6. The van der Waals surface area contributed by atoms with E-state index in [-0.39, 0.29) is 4.90 Å². The summed E-state index contributed by atoms with van der Waals surface area (Å²) >= 11 is 0. The molecule has 0 unspecified atom stereocenters. The van der Waals surface area contributed by atoms with Gasteiger partial charge in [-0.3, -0.25) is 4.72 Å². The number of rotatable bonds is 5. The highest BCUT2D eigenvalue weighted by atomic mass is 32.2. The van der Waals surface area contributed by atoms with E-state index < -0.39 is 10.0 Å². The standard InChI is InChI=1S/C17H18N2O2S/c1-3-13(2)15-6-8-16(9-7-15)19-22(20,21)17-10-4-14(12-18)5-11-17/h4-11,13,19H,3H2,1-2H3/t13-/m0/s1. The zero-order chi connectivity index (χ0) is 16.2. The van der Waals surface area contributed by atoms with Gasteiger partial charge in [-0.15, -0.1) is 0 Å². The normalized spacial score (nSPS) is 12.4. The number of nitriles is 1. The van der Waals surface area contributed by atoms with Gasteiger partial charge in [-0.1, -0.05) is 26.0 Å². The maximum absolute atomic E-state index is 12.3. The molecule has 2 rings (SSSR count). The van der Waals surface area contributed by atoms with Gasteiger partial charge >= 0.3 is 0 Å². The van der Waals surface area contributed by atoms with Gasteiger partial charge in [0.1, 0.15) is 0 Å². The first-order valence-electron chi connectivity index (χ1n) is 7.09. The topological polar surface area (TPSA) is 70.0 Å². The Kier molecular flexibility index (Phi) is 4.84. The average molecular weight is 314 g/mol. The second-order valence-electron chi connectivity index (χ2n) is 5.17. The minimum Gasteiger partial charge on any atom is -0.280 e. The summed E-state index contributed by atoms with van der Waals surface area (Å²) in [5.74, 6) is 0.448. The summed E-state index contributed by atoms with van der Waals surface area (Å²) in [5.41, 5.74) is 2.14. The Labute approximate surface area is 131 Å². The van der Waals surface area contributed by atoms with Crippen molar-refractivity contribution in [2.45, 2.75) is 31.1 Å². The minimum absolute atomic E-state index is 0.137. The van der Waals surface area contributed by atoms with Crippen LogP contribution in [0.15, 0.2) is 53.4 Å². The Morgan fingerprint density at radius 2 is 1.68 bits per heavy atom. The summed E-state index contributed by atoms with van der Waals surface area (Å²) in [4.78, 5) is 0.137. The van der Waals surface area contributed by atoms with Crippen molar-refractivity contribution in [3.8, 4) is 6.07 Å². The summed E-state index contributed by atoms with van der Waals surface area (Å²) in [6.07, 6.45) is 1.04. The largest absolute Gasteiger partial charge is 0.280 e. The molecule has 0 aliphatic heterocycles. The van der Waals surface area contributed by atoms with Crippen molar-refractivity contribution in [1.82, 2.24) is 0 Å². The van der Waals surface area contributed by atoms with Gasteiger partial charge in [-0.2, -0.15) is 5.26 Å². The molecule has 114 valence electrons. The Balaban J connectivity index is 2.19. The molecule has 2 aromatic carbocycles. The molecule has 0 heterocycles. The number of hydrogen-bond donors (Lipinski definition) is 1. The van der Waals surface area contributed by atoms with Crippen LogP contribution in [0.5, 0.6) is 0 Å². The smallest absolute Gasteiger partial charge is 0.261 e. The van der Waals surface area contributed by atoms with Crippen molar-refractivity contribution in [3.05, 3.63) is 59.7 Å². The summed E-state index contributed by atoms with van der Waals surface area (Å²) in [6, 6.07) is 15.2. The fourth-order valence-corrected chi connectivity index (χ4v) is 3.10. The third kappa shape index (κ3) is 3.66. The molecule has 22 heavy (non-hydrogen) atoms. The fourth-order valence-electron chi connectivity index (χ4n) is 2.04. The van der Waals surface area contributed by atoms with Crippen LogP contribution in [0.25, 0.3) is 0 Å². The van der Waals surface area contributed by atoms with E-state index in [0.29, 0.717) is 17.2 Å². The van der Waals surface area contributed by atoms with Crippen molar-refractivity contribution >= 4 is 15.7 Å². The third-order valence-electron chi connectivity index (χ3n) is 3.64. The Hall–Kier alpha value is -2.32. The van der Waals surface area contributed by atoms with E-state index >= 15 is 0 Å². The van der Waals surface area contributed by atoms with Crippen molar-refractivity contribution in [3.63, 3.8) is 0 Å². The summed E-state index contributed by atoms with van der Waals surface area (Å²) in [7, 11) is -3.64. The molecule has 0 spiro atoms. The van der Waals surface area contributed by atoms with Crippen molar-refractivity contribution < 1.29 is 8.42 Å². The first-order chi connectivity index (χ1) is 10.5. The lowest BCUT2D eigenvalue weighted by Gasteiger charge is -2.11. The highest BCUT2D eigenvalue weighted by Gasteiger charge is 2.14. The van der Waals surface area contributed by atoms with E-state index in [1.165, 1.54) is 29.8 Å². The molecule has 2 aromatic rings. The number of benzene rings is 2. The maximum atomic E-state index is 12.3.